The van der Waals surface area contributed by atoms with Crippen LogP contribution in [-0.2, 0) is 6.54 Å². The zero-order valence-electron chi connectivity index (χ0n) is 9.37. The number of halogens is 2. The lowest BCUT2D eigenvalue weighted by molar-refractivity contribution is 0.0667. The fourth-order valence-corrected chi connectivity index (χ4v) is 1.93. The molecular weight excluding hydrogens is 238 g/mol. The zero-order valence-corrected chi connectivity index (χ0v) is 9.37. The maximum Gasteiger partial charge on any atom is 0.319 e. The van der Waals surface area contributed by atoms with Crippen molar-refractivity contribution in [2.24, 2.45) is 0 Å². The number of aromatic nitrogens is 4. The third kappa shape index (κ3) is 1.75. The summed E-state index contributed by atoms with van der Waals surface area (Å²) in [5.74, 6) is 0.313. The number of para-hydroxylation sites is 2. The molecule has 3 rings (SSSR count). The van der Waals surface area contributed by atoms with Gasteiger partial charge in [0.25, 0.3) is 0 Å². The second kappa shape index (κ2) is 4.21. The lowest BCUT2D eigenvalue weighted by atomic mass is 10.3. The molecule has 6 heteroatoms. The molecule has 2 heterocycles. The summed E-state index contributed by atoms with van der Waals surface area (Å²) < 4.78 is 28.1. The number of hydrogen-bond donors (Lipinski definition) is 0. The molecule has 0 aliphatic carbocycles. The normalized spacial score (nSPS) is 11.5. The second-order valence-corrected chi connectivity index (χ2v) is 3.89. The van der Waals surface area contributed by atoms with E-state index in [9.17, 15) is 8.78 Å². The molecule has 0 aliphatic rings. The molecule has 0 amide bonds. The minimum absolute atomic E-state index is 0.276. The van der Waals surface area contributed by atoms with Crippen LogP contribution < -0.4 is 0 Å². The Bertz CT molecular complexity index is 671. The van der Waals surface area contributed by atoms with Gasteiger partial charge in [0.15, 0.2) is 0 Å². The summed E-state index contributed by atoms with van der Waals surface area (Å²) >= 11 is 0. The minimum Gasteiger partial charge on any atom is -0.323 e. The van der Waals surface area contributed by atoms with Crippen LogP contribution in [0.2, 0.25) is 0 Å². The van der Waals surface area contributed by atoms with Crippen molar-refractivity contribution in [2.45, 2.75) is 13.1 Å². The summed E-state index contributed by atoms with van der Waals surface area (Å²) in [6, 6.07) is 7.56. The van der Waals surface area contributed by atoms with Crippen LogP contribution in [0, 0.1) is 0 Å². The highest BCUT2D eigenvalue weighted by Crippen LogP contribution is 2.16. The standard InChI is InChI=1S/C12H10F2N4/c13-12(14)18-6-5-15-11(18)7-17-8-16-9-3-1-2-4-10(9)17/h1-6,8,12H,7H2. The first kappa shape index (κ1) is 10.9. The molecule has 92 valence electrons. The first-order valence-electron chi connectivity index (χ1n) is 5.45. The SMILES string of the molecule is FC(F)n1ccnc1Cn1cnc2ccccc21. The lowest BCUT2D eigenvalue weighted by Gasteiger charge is -2.07. The van der Waals surface area contributed by atoms with Crippen molar-refractivity contribution in [2.75, 3.05) is 0 Å². The predicted molar refractivity (Wildman–Crippen MR) is 62.3 cm³/mol. The largest absolute Gasteiger partial charge is 0.323 e. The molecule has 0 fully saturated rings. The molecule has 18 heavy (non-hydrogen) atoms. The van der Waals surface area contributed by atoms with Crippen molar-refractivity contribution >= 4 is 11.0 Å². The van der Waals surface area contributed by atoms with Gasteiger partial charge in [0.1, 0.15) is 5.82 Å². The van der Waals surface area contributed by atoms with Crippen LogP contribution in [0.15, 0.2) is 43.0 Å². The smallest absolute Gasteiger partial charge is 0.319 e. The topological polar surface area (TPSA) is 35.6 Å². The van der Waals surface area contributed by atoms with E-state index in [1.165, 1.54) is 12.4 Å². The van der Waals surface area contributed by atoms with Crippen molar-refractivity contribution in [1.82, 2.24) is 19.1 Å². The van der Waals surface area contributed by atoms with Gasteiger partial charge in [0.2, 0.25) is 0 Å². The van der Waals surface area contributed by atoms with Crippen LogP contribution in [0.5, 0.6) is 0 Å². The van der Waals surface area contributed by atoms with Gasteiger partial charge in [-0.15, -0.1) is 0 Å². The number of fused-ring (bicyclic) bond motifs is 1. The Morgan fingerprint density at radius 1 is 1.17 bits per heavy atom. The maximum absolute atomic E-state index is 12.7. The molecule has 0 aliphatic heterocycles. The summed E-state index contributed by atoms with van der Waals surface area (Å²) in [6.07, 6.45) is 4.29. The van der Waals surface area contributed by atoms with E-state index >= 15 is 0 Å². The Labute approximate surface area is 102 Å². The zero-order chi connectivity index (χ0) is 12.5. The number of rotatable bonds is 3. The van der Waals surface area contributed by atoms with Crippen molar-refractivity contribution in [3.8, 4) is 0 Å². The summed E-state index contributed by atoms with van der Waals surface area (Å²) in [5, 5.41) is 0. The fraction of sp³-hybridized carbons (Fsp3) is 0.167. The van der Waals surface area contributed by atoms with E-state index in [4.69, 9.17) is 0 Å². The van der Waals surface area contributed by atoms with Crippen LogP contribution in [-0.4, -0.2) is 19.1 Å². The molecule has 0 saturated heterocycles. The lowest BCUT2D eigenvalue weighted by Crippen LogP contribution is -2.08. The molecule has 3 aromatic rings. The Hall–Kier alpha value is -2.24. The van der Waals surface area contributed by atoms with Gasteiger partial charge < -0.3 is 4.57 Å². The quantitative estimate of drug-likeness (QED) is 0.714. The number of hydrogen-bond acceptors (Lipinski definition) is 2. The van der Waals surface area contributed by atoms with E-state index < -0.39 is 6.55 Å². The minimum atomic E-state index is -2.57. The van der Waals surface area contributed by atoms with Crippen LogP contribution >= 0.6 is 0 Å². The van der Waals surface area contributed by atoms with E-state index in [0.717, 1.165) is 15.6 Å². The van der Waals surface area contributed by atoms with Crippen LogP contribution in [0.1, 0.15) is 12.4 Å². The molecule has 4 nitrogen and oxygen atoms in total. The highest BCUT2D eigenvalue weighted by atomic mass is 19.3. The third-order valence-corrected chi connectivity index (χ3v) is 2.80. The van der Waals surface area contributed by atoms with Crippen molar-refractivity contribution in [3.63, 3.8) is 0 Å². The Balaban J connectivity index is 1.99. The molecule has 0 spiro atoms. The van der Waals surface area contributed by atoms with Gasteiger partial charge in [-0.3, -0.25) is 4.57 Å². The predicted octanol–water partition coefficient (Wildman–Crippen LogP) is 2.68. The van der Waals surface area contributed by atoms with Crippen LogP contribution in [0.4, 0.5) is 8.78 Å². The molecule has 0 radical (unpaired) electrons. The van der Waals surface area contributed by atoms with Crippen molar-refractivity contribution < 1.29 is 8.78 Å². The Morgan fingerprint density at radius 2 is 2.00 bits per heavy atom. The van der Waals surface area contributed by atoms with Gasteiger partial charge in [-0.1, -0.05) is 12.1 Å². The molecule has 0 atom stereocenters. The summed E-state index contributed by atoms with van der Waals surface area (Å²) in [5.41, 5.74) is 1.74. The molecule has 2 aromatic heterocycles. The van der Waals surface area contributed by atoms with E-state index in [1.807, 2.05) is 24.3 Å². The first-order chi connectivity index (χ1) is 8.75. The number of benzene rings is 1. The van der Waals surface area contributed by atoms with Gasteiger partial charge in [0, 0.05) is 12.4 Å². The van der Waals surface area contributed by atoms with Crippen LogP contribution in [0.25, 0.3) is 11.0 Å². The Kier molecular flexibility index (Phi) is 2.55. The molecule has 1 aromatic carbocycles. The van der Waals surface area contributed by atoms with E-state index in [-0.39, 0.29) is 6.54 Å². The van der Waals surface area contributed by atoms with Gasteiger partial charge in [-0.2, -0.15) is 8.78 Å². The fourth-order valence-electron chi connectivity index (χ4n) is 1.93. The van der Waals surface area contributed by atoms with Crippen molar-refractivity contribution in [1.29, 1.82) is 0 Å². The number of nitrogens with zero attached hydrogens (tertiary/aromatic N) is 4. The van der Waals surface area contributed by atoms with Gasteiger partial charge in [-0.25, -0.2) is 9.97 Å². The molecular formula is C12H10F2N4. The van der Waals surface area contributed by atoms with Gasteiger partial charge in [0.05, 0.1) is 23.9 Å². The number of imidazole rings is 2. The monoisotopic (exact) mass is 248 g/mol. The van der Waals surface area contributed by atoms with Crippen molar-refractivity contribution in [3.05, 3.63) is 48.8 Å². The van der Waals surface area contributed by atoms with Crippen LogP contribution in [0.3, 0.4) is 0 Å². The van der Waals surface area contributed by atoms with E-state index in [0.29, 0.717) is 5.82 Å². The summed E-state index contributed by atoms with van der Waals surface area (Å²) in [4.78, 5) is 8.17. The first-order valence-corrected chi connectivity index (χ1v) is 5.45. The van der Waals surface area contributed by atoms with Gasteiger partial charge >= 0.3 is 6.55 Å². The molecule has 0 bridgehead atoms. The van der Waals surface area contributed by atoms with E-state index in [1.54, 1.807) is 10.9 Å². The maximum atomic E-state index is 12.7. The highest BCUT2D eigenvalue weighted by Gasteiger charge is 2.12. The Morgan fingerprint density at radius 3 is 2.83 bits per heavy atom. The third-order valence-electron chi connectivity index (χ3n) is 2.80. The van der Waals surface area contributed by atoms with Gasteiger partial charge in [-0.05, 0) is 12.1 Å². The average Bonchev–Trinajstić information content (AvgIpc) is 2.97. The molecule has 0 N–H and O–H groups in total. The summed E-state index contributed by atoms with van der Waals surface area (Å²) in [6.45, 7) is -2.30. The van der Waals surface area contributed by atoms with E-state index in [2.05, 4.69) is 9.97 Å². The number of alkyl halides is 2. The highest BCUT2D eigenvalue weighted by molar-refractivity contribution is 5.74. The summed E-state index contributed by atoms with van der Waals surface area (Å²) in [7, 11) is 0. The molecule has 0 unspecified atom stereocenters. The second-order valence-electron chi connectivity index (χ2n) is 3.89. The average molecular weight is 248 g/mol. The molecule has 0 saturated carbocycles.